The fourth-order valence-corrected chi connectivity index (χ4v) is 2.00. The molecule has 0 radical (unpaired) electrons. The van der Waals surface area contributed by atoms with E-state index in [-0.39, 0.29) is 17.8 Å². The Balaban J connectivity index is 1.93. The zero-order valence-corrected chi connectivity index (χ0v) is 9.37. The van der Waals surface area contributed by atoms with Crippen LogP contribution in [0.5, 0.6) is 0 Å². The number of carbonyl (C=O) groups is 2. The van der Waals surface area contributed by atoms with Crippen LogP contribution in [0.15, 0.2) is 0 Å². The van der Waals surface area contributed by atoms with Crippen molar-refractivity contribution in [2.24, 2.45) is 11.8 Å². The second-order valence-electron chi connectivity index (χ2n) is 5.43. The average molecular weight is 211 g/mol. The van der Waals surface area contributed by atoms with Crippen molar-refractivity contribution >= 4 is 11.9 Å². The van der Waals surface area contributed by atoms with Crippen LogP contribution in [0.25, 0.3) is 0 Å². The average Bonchev–Trinajstić information content (AvgIpc) is 2.79. The van der Waals surface area contributed by atoms with Gasteiger partial charge in [-0.1, -0.05) is 0 Å². The molecule has 0 aromatic rings. The van der Waals surface area contributed by atoms with Crippen molar-refractivity contribution in [1.29, 1.82) is 0 Å². The van der Waals surface area contributed by atoms with Crippen LogP contribution < -0.4 is 5.32 Å². The summed E-state index contributed by atoms with van der Waals surface area (Å²) in [6.07, 6.45) is 1.68. The monoisotopic (exact) mass is 211 g/mol. The quantitative estimate of drug-likeness (QED) is 0.654. The van der Waals surface area contributed by atoms with E-state index in [1.54, 1.807) is 0 Å². The Morgan fingerprint density at radius 3 is 2.60 bits per heavy atom. The van der Waals surface area contributed by atoms with E-state index in [1.165, 1.54) is 0 Å². The highest BCUT2D eigenvalue weighted by atomic mass is 16.6. The lowest BCUT2D eigenvalue weighted by Crippen LogP contribution is -2.47. The van der Waals surface area contributed by atoms with Crippen LogP contribution in [0, 0.1) is 11.8 Å². The molecule has 1 saturated heterocycles. The van der Waals surface area contributed by atoms with E-state index in [9.17, 15) is 9.59 Å². The van der Waals surface area contributed by atoms with Crippen molar-refractivity contribution in [3.63, 3.8) is 0 Å². The van der Waals surface area contributed by atoms with Gasteiger partial charge in [0.25, 0.3) is 0 Å². The highest BCUT2D eigenvalue weighted by Crippen LogP contribution is 2.45. The molecule has 0 unspecified atom stereocenters. The lowest BCUT2D eigenvalue weighted by molar-refractivity contribution is -0.159. The Labute approximate surface area is 89.4 Å². The molecule has 0 bridgehead atoms. The zero-order chi connectivity index (χ0) is 11.2. The lowest BCUT2D eigenvalue weighted by Gasteiger charge is -2.26. The van der Waals surface area contributed by atoms with Gasteiger partial charge in [-0.05, 0) is 39.5 Å². The molecule has 1 saturated carbocycles. The van der Waals surface area contributed by atoms with E-state index in [0.29, 0.717) is 5.92 Å². The molecule has 3 atom stereocenters. The van der Waals surface area contributed by atoms with Crippen molar-refractivity contribution in [2.45, 2.75) is 45.3 Å². The smallest absolute Gasteiger partial charge is 0.329 e. The summed E-state index contributed by atoms with van der Waals surface area (Å²) in [6.45, 7) is 5.49. The number of fused-ring (bicyclic) bond motifs is 1. The molecular formula is C11H17NO3. The molecule has 2 aliphatic rings. The third-order valence-electron chi connectivity index (χ3n) is 2.81. The van der Waals surface area contributed by atoms with Crippen LogP contribution in [0.3, 0.4) is 0 Å². The van der Waals surface area contributed by atoms with Gasteiger partial charge in [0.05, 0.1) is 0 Å². The Bertz CT molecular complexity index is 305. The van der Waals surface area contributed by atoms with Crippen LogP contribution in [-0.2, 0) is 14.3 Å². The van der Waals surface area contributed by atoms with Crippen molar-refractivity contribution in [3.8, 4) is 0 Å². The summed E-state index contributed by atoms with van der Waals surface area (Å²) in [5, 5.41) is 2.72. The molecule has 2 rings (SSSR count). The molecule has 1 heterocycles. The minimum Gasteiger partial charge on any atom is -0.458 e. The molecule has 0 aromatic heterocycles. The molecule has 2 fully saturated rings. The van der Waals surface area contributed by atoms with Gasteiger partial charge in [0.2, 0.25) is 5.91 Å². The Kier molecular flexibility index (Phi) is 2.24. The highest BCUT2D eigenvalue weighted by Gasteiger charge is 2.50. The molecule has 1 N–H and O–H groups in total. The summed E-state index contributed by atoms with van der Waals surface area (Å²) in [4.78, 5) is 23.1. The molecule has 15 heavy (non-hydrogen) atoms. The molecule has 4 heteroatoms. The number of esters is 1. The van der Waals surface area contributed by atoms with Crippen molar-refractivity contribution in [1.82, 2.24) is 5.32 Å². The van der Waals surface area contributed by atoms with Crippen LogP contribution in [0.1, 0.15) is 33.6 Å². The van der Waals surface area contributed by atoms with Gasteiger partial charge in [-0.3, -0.25) is 4.79 Å². The first kappa shape index (κ1) is 10.5. The number of hydrogen-bond donors (Lipinski definition) is 1. The maximum Gasteiger partial charge on any atom is 0.329 e. The van der Waals surface area contributed by atoms with Crippen LogP contribution in [-0.4, -0.2) is 23.5 Å². The fourth-order valence-electron chi connectivity index (χ4n) is 2.00. The lowest BCUT2D eigenvalue weighted by atomic mass is 10.0. The number of ether oxygens (including phenoxy) is 1. The maximum atomic E-state index is 11.7. The second-order valence-corrected chi connectivity index (χ2v) is 5.43. The van der Waals surface area contributed by atoms with Gasteiger partial charge in [0, 0.05) is 5.92 Å². The van der Waals surface area contributed by atoms with Gasteiger partial charge in [-0.25, -0.2) is 4.79 Å². The van der Waals surface area contributed by atoms with Gasteiger partial charge in [0.15, 0.2) is 0 Å². The van der Waals surface area contributed by atoms with E-state index in [0.717, 1.165) is 12.8 Å². The van der Waals surface area contributed by atoms with E-state index in [4.69, 9.17) is 4.74 Å². The largest absolute Gasteiger partial charge is 0.458 e. The summed E-state index contributed by atoms with van der Waals surface area (Å²) >= 11 is 0. The minimum atomic E-state index is -0.484. The summed E-state index contributed by atoms with van der Waals surface area (Å²) in [5.74, 6) is 0.295. The number of rotatable bonds is 1. The summed E-state index contributed by atoms with van der Waals surface area (Å²) < 4.78 is 5.24. The molecule has 1 aliphatic heterocycles. The topological polar surface area (TPSA) is 55.4 Å². The summed E-state index contributed by atoms with van der Waals surface area (Å²) in [6, 6.07) is -0.430. The van der Waals surface area contributed by atoms with E-state index < -0.39 is 11.6 Å². The Morgan fingerprint density at radius 1 is 1.40 bits per heavy atom. The van der Waals surface area contributed by atoms with Crippen molar-refractivity contribution < 1.29 is 14.3 Å². The second kappa shape index (κ2) is 3.22. The standard InChI is InChI=1S/C11H17NO3/c1-11(2,3)15-10(14)8-5-6-4-7(6)9(13)12-8/h6-8H,4-5H2,1-3H3,(H,12,13)/t6-,7-,8+/m1/s1. The molecule has 0 aromatic carbocycles. The molecule has 4 nitrogen and oxygen atoms in total. The first-order valence-electron chi connectivity index (χ1n) is 5.40. The molecule has 84 valence electrons. The van der Waals surface area contributed by atoms with Gasteiger partial charge in [-0.15, -0.1) is 0 Å². The molecule has 0 spiro atoms. The van der Waals surface area contributed by atoms with E-state index in [2.05, 4.69) is 5.32 Å². The van der Waals surface area contributed by atoms with Crippen molar-refractivity contribution in [2.75, 3.05) is 0 Å². The minimum absolute atomic E-state index is 0.0158. The predicted octanol–water partition coefficient (Wildman–Crippen LogP) is 0.853. The van der Waals surface area contributed by atoms with Crippen LogP contribution in [0.2, 0.25) is 0 Å². The third kappa shape index (κ3) is 2.30. The predicted molar refractivity (Wildman–Crippen MR) is 54.0 cm³/mol. The Hall–Kier alpha value is -1.06. The normalized spacial score (nSPS) is 34.1. The van der Waals surface area contributed by atoms with Gasteiger partial charge >= 0.3 is 5.97 Å². The van der Waals surface area contributed by atoms with Gasteiger partial charge in [0.1, 0.15) is 11.6 Å². The summed E-state index contributed by atoms with van der Waals surface area (Å²) in [7, 11) is 0. The molecule has 1 amide bonds. The van der Waals surface area contributed by atoms with Crippen molar-refractivity contribution in [3.05, 3.63) is 0 Å². The zero-order valence-electron chi connectivity index (χ0n) is 9.37. The number of piperidine rings is 1. The SMILES string of the molecule is CC(C)(C)OC(=O)[C@@H]1C[C@H]2C[C@H]2C(=O)N1. The Morgan fingerprint density at radius 2 is 2.07 bits per heavy atom. The number of nitrogens with one attached hydrogen (secondary N) is 1. The van der Waals surface area contributed by atoms with E-state index in [1.807, 2.05) is 20.8 Å². The third-order valence-corrected chi connectivity index (χ3v) is 2.81. The first-order chi connectivity index (χ1) is 6.87. The van der Waals surface area contributed by atoms with Crippen LogP contribution in [0.4, 0.5) is 0 Å². The molecule has 1 aliphatic carbocycles. The first-order valence-corrected chi connectivity index (χ1v) is 5.40. The van der Waals surface area contributed by atoms with E-state index >= 15 is 0 Å². The summed E-state index contributed by atoms with van der Waals surface area (Å²) in [5.41, 5.74) is -0.484. The maximum absolute atomic E-state index is 11.7. The van der Waals surface area contributed by atoms with Gasteiger partial charge < -0.3 is 10.1 Å². The van der Waals surface area contributed by atoms with Crippen LogP contribution >= 0.6 is 0 Å². The fraction of sp³-hybridized carbons (Fsp3) is 0.818. The van der Waals surface area contributed by atoms with Gasteiger partial charge in [-0.2, -0.15) is 0 Å². The number of hydrogen-bond acceptors (Lipinski definition) is 3. The number of amides is 1. The molecular weight excluding hydrogens is 194 g/mol. The highest BCUT2D eigenvalue weighted by molar-refractivity contribution is 5.89. The number of carbonyl (C=O) groups excluding carboxylic acids is 2.